The van der Waals surface area contributed by atoms with Crippen LogP contribution in [0.15, 0.2) is 73.1 Å². The van der Waals surface area contributed by atoms with E-state index in [9.17, 15) is 37.1 Å². The molecular formula is C44H43F3N8O7S. The molecule has 0 radical (unpaired) electrons. The zero-order valence-electron chi connectivity index (χ0n) is 33.8. The minimum Gasteiger partial charge on any atom is -0.388 e. The Balaban J connectivity index is 0.807. The van der Waals surface area contributed by atoms with Crippen LogP contribution in [0.2, 0.25) is 0 Å². The van der Waals surface area contributed by atoms with E-state index in [1.807, 2.05) is 35.1 Å². The number of rotatable bonds is 12. The predicted octanol–water partition coefficient (Wildman–Crippen LogP) is 4.45. The quantitative estimate of drug-likeness (QED) is 0.103. The van der Waals surface area contributed by atoms with Crippen molar-refractivity contribution < 1.29 is 45.9 Å². The van der Waals surface area contributed by atoms with E-state index in [1.165, 1.54) is 11.1 Å². The summed E-state index contributed by atoms with van der Waals surface area (Å²) >= 11 is 0. The number of aromatic amines is 1. The smallest absolute Gasteiger partial charge is 0.301 e. The van der Waals surface area contributed by atoms with Gasteiger partial charge < -0.3 is 19.9 Å². The molecule has 0 bridgehead atoms. The Kier molecular flexibility index (Phi) is 11.3. The van der Waals surface area contributed by atoms with Crippen LogP contribution in [0, 0.1) is 11.6 Å². The number of carbonyl (C=O) groups excluding carboxylic acids is 4. The Hall–Kier alpha value is -6.15. The number of hydrogen-bond acceptors (Lipinski definition) is 10. The number of aliphatic hydroxyl groups is 1. The highest BCUT2D eigenvalue weighted by Gasteiger charge is 2.39. The molecule has 3 amide bonds. The fraction of sp³-hybridized carbons (Fsp3) is 0.341. The average molecular weight is 885 g/mol. The lowest BCUT2D eigenvalue weighted by Crippen LogP contribution is -2.52. The second-order valence-corrected chi connectivity index (χ2v) is 18.0. The molecule has 2 aromatic heterocycles. The van der Waals surface area contributed by atoms with Crippen molar-refractivity contribution in [2.45, 2.75) is 50.5 Å². The van der Waals surface area contributed by atoms with Crippen LogP contribution in [0.3, 0.4) is 0 Å². The van der Waals surface area contributed by atoms with Crippen molar-refractivity contribution in [1.29, 1.82) is 0 Å². The maximum absolute atomic E-state index is 15.7. The fourth-order valence-electron chi connectivity index (χ4n) is 8.80. The molecule has 6 heterocycles. The molecule has 3 aromatic carbocycles. The summed E-state index contributed by atoms with van der Waals surface area (Å²) in [6, 6.07) is 15.7. The van der Waals surface area contributed by atoms with Gasteiger partial charge in [0.25, 0.3) is 5.91 Å². The summed E-state index contributed by atoms with van der Waals surface area (Å²) in [5.41, 5.74) is 3.02. The minimum atomic E-state index is -4.37. The third-order valence-electron chi connectivity index (χ3n) is 12.4. The van der Waals surface area contributed by atoms with Crippen LogP contribution in [0.25, 0.3) is 22.2 Å². The molecule has 0 spiro atoms. The number of H-pyrrole nitrogens is 1. The monoisotopic (exact) mass is 884 g/mol. The van der Waals surface area contributed by atoms with Crippen molar-refractivity contribution in [2.75, 3.05) is 55.4 Å². The number of pyridine rings is 1. The normalized spacial score (nSPS) is 20.3. The highest BCUT2D eigenvalue weighted by molar-refractivity contribution is 7.90. The third kappa shape index (κ3) is 8.28. The lowest BCUT2D eigenvalue weighted by Gasteiger charge is -2.36. The molecule has 4 N–H and O–H groups in total. The molecule has 0 aliphatic carbocycles. The number of carbonyl (C=O) groups is 4. The molecule has 328 valence electrons. The summed E-state index contributed by atoms with van der Waals surface area (Å²) in [7, 11) is -4.37. The van der Waals surface area contributed by atoms with Crippen LogP contribution in [0.4, 0.5) is 24.5 Å². The number of ketones is 1. The van der Waals surface area contributed by atoms with E-state index in [-0.39, 0.29) is 49.7 Å². The molecule has 0 saturated carbocycles. The van der Waals surface area contributed by atoms with Crippen LogP contribution in [-0.4, -0.2) is 119 Å². The van der Waals surface area contributed by atoms with Crippen molar-refractivity contribution in [3.63, 3.8) is 0 Å². The first-order chi connectivity index (χ1) is 30.2. The van der Waals surface area contributed by atoms with Gasteiger partial charge in [0.1, 0.15) is 23.7 Å². The van der Waals surface area contributed by atoms with Crippen LogP contribution in [-0.2, 0) is 26.3 Å². The van der Waals surface area contributed by atoms with Gasteiger partial charge in [-0.3, -0.25) is 34.1 Å². The standard InChI is InChI=1S/C44H43F3N8O7S/c45-29-11-14-54(24-29)63(61,62)51-35-8-7-34(46)39(40(35)47)41(58)33-22-49-42-32(33)20-27(21-48-42)25-1-4-30(5-2-25)53-17-15-52(16-18-53)13-12-37(56)26-3-6-31-28(19-26)23-55(44(31)60)36-9-10-38(57)50-43(36)59/h1-8,19-22,29,36-37,51,56H,9-18,23-24H2,(H,48,49)(H,50,57,59)/t29-,36+,37+/m1/s1. The molecule has 3 saturated heterocycles. The number of fused-ring (bicyclic) bond motifs is 2. The van der Waals surface area contributed by atoms with Gasteiger partial charge in [0.2, 0.25) is 17.6 Å². The summed E-state index contributed by atoms with van der Waals surface area (Å²) < 4.78 is 73.0. The summed E-state index contributed by atoms with van der Waals surface area (Å²) in [6.07, 6.45) is 1.76. The lowest BCUT2D eigenvalue weighted by molar-refractivity contribution is -0.136. The number of nitrogens with zero attached hydrogens (tertiary/aromatic N) is 5. The van der Waals surface area contributed by atoms with Gasteiger partial charge in [0.15, 0.2) is 5.82 Å². The number of aliphatic hydroxyl groups excluding tert-OH is 1. The highest BCUT2D eigenvalue weighted by atomic mass is 32.2. The zero-order valence-corrected chi connectivity index (χ0v) is 34.6. The largest absolute Gasteiger partial charge is 0.388 e. The molecule has 3 fully saturated rings. The van der Waals surface area contributed by atoms with Crippen molar-refractivity contribution in [3.05, 3.63) is 113 Å². The van der Waals surface area contributed by atoms with Crippen LogP contribution in [0.1, 0.15) is 69.2 Å². The first-order valence-corrected chi connectivity index (χ1v) is 22.1. The molecule has 15 nitrogen and oxygen atoms in total. The number of alkyl halides is 1. The Bertz CT molecular complexity index is 2760. The van der Waals surface area contributed by atoms with Gasteiger partial charge in [0.05, 0.1) is 17.4 Å². The molecule has 19 heteroatoms. The van der Waals surface area contributed by atoms with Gasteiger partial charge in [-0.05, 0) is 72.4 Å². The van der Waals surface area contributed by atoms with Crippen LogP contribution < -0.4 is 14.9 Å². The lowest BCUT2D eigenvalue weighted by atomic mass is 9.99. The average Bonchev–Trinajstić information content (AvgIpc) is 4.00. The molecule has 4 aliphatic heterocycles. The number of amides is 3. The number of aromatic nitrogens is 2. The Morgan fingerprint density at radius 1 is 0.952 bits per heavy atom. The third-order valence-corrected chi connectivity index (χ3v) is 13.8. The number of nitrogens with one attached hydrogen (secondary N) is 3. The first-order valence-electron chi connectivity index (χ1n) is 20.7. The number of anilines is 2. The van der Waals surface area contributed by atoms with E-state index in [4.69, 9.17) is 0 Å². The topological polar surface area (TPSA) is 188 Å². The molecule has 3 atom stereocenters. The molecule has 5 aromatic rings. The maximum atomic E-state index is 15.7. The number of piperazine rings is 1. The highest BCUT2D eigenvalue weighted by Crippen LogP contribution is 2.33. The van der Waals surface area contributed by atoms with Gasteiger partial charge in [-0.25, -0.2) is 18.2 Å². The Morgan fingerprint density at radius 2 is 1.73 bits per heavy atom. The van der Waals surface area contributed by atoms with Gasteiger partial charge in [-0.2, -0.15) is 12.7 Å². The van der Waals surface area contributed by atoms with Crippen LogP contribution in [0.5, 0.6) is 0 Å². The van der Waals surface area contributed by atoms with Crippen molar-refractivity contribution in [2.24, 2.45) is 0 Å². The first kappa shape index (κ1) is 42.2. The molecule has 63 heavy (non-hydrogen) atoms. The van der Waals surface area contributed by atoms with E-state index < -0.39 is 69.6 Å². The number of hydrogen-bond donors (Lipinski definition) is 4. The van der Waals surface area contributed by atoms with E-state index >= 15 is 8.78 Å². The Labute approximate surface area is 360 Å². The summed E-state index contributed by atoms with van der Waals surface area (Å²) in [4.78, 5) is 64.1. The minimum absolute atomic E-state index is 0.00553. The van der Waals surface area contributed by atoms with Gasteiger partial charge >= 0.3 is 10.2 Å². The number of imide groups is 1. The number of halogens is 3. The van der Waals surface area contributed by atoms with Crippen molar-refractivity contribution in [3.8, 4) is 11.1 Å². The van der Waals surface area contributed by atoms with Crippen LogP contribution >= 0.6 is 0 Å². The predicted molar refractivity (Wildman–Crippen MR) is 226 cm³/mol. The molecule has 4 aliphatic rings. The van der Waals surface area contributed by atoms with Crippen molar-refractivity contribution in [1.82, 2.24) is 29.4 Å². The summed E-state index contributed by atoms with van der Waals surface area (Å²) in [5, 5.41) is 13.7. The molecule has 0 unspecified atom stereocenters. The summed E-state index contributed by atoms with van der Waals surface area (Å²) in [5.74, 6) is -4.67. The number of benzene rings is 3. The second-order valence-electron chi connectivity index (χ2n) is 16.3. The fourth-order valence-corrected chi connectivity index (χ4v) is 10.1. The molecular weight excluding hydrogens is 842 g/mol. The summed E-state index contributed by atoms with van der Waals surface area (Å²) in [6.45, 7) is 3.45. The Morgan fingerprint density at radius 3 is 2.46 bits per heavy atom. The number of piperidine rings is 1. The zero-order chi connectivity index (χ0) is 44.2. The van der Waals surface area contributed by atoms with Gasteiger partial charge in [-0.15, -0.1) is 0 Å². The van der Waals surface area contributed by atoms with Gasteiger partial charge in [0, 0.05) is 98.9 Å². The van der Waals surface area contributed by atoms with Crippen molar-refractivity contribution >= 4 is 56.1 Å². The van der Waals surface area contributed by atoms with Gasteiger partial charge in [-0.1, -0.05) is 24.3 Å². The second kappa shape index (κ2) is 16.9. The molecule has 9 rings (SSSR count). The van der Waals surface area contributed by atoms with E-state index in [1.54, 1.807) is 24.4 Å². The van der Waals surface area contributed by atoms with E-state index in [0.29, 0.717) is 40.7 Å². The van der Waals surface area contributed by atoms with E-state index in [0.717, 1.165) is 59.4 Å². The maximum Gasteiger partial charge on any atom is 0.301 e. The van der Waals surface area contributed by atoms with E-state index in [2.05, 4.69) is 25.1 Å². The SMILES string of the molecule is O=C1CC[C@H](N2Cc3cc([C@@H](O)CCN4CCN(c5ccc(-c6cnc7[nH]cc(C(=O)c8c(F)ccc(NS(=O)(=O)N9CC[C@@H](F)C9)c8F)c7c6)cc5)CC4)ccc3C2=O)C(=O)N1.